The third-order valence-electron chi connectivity index (χ3n) is 9.56. The average Bonchev–Trinajstić information content (AvgIpc) is 3.68. The second-order valence-corrected chi connectivity index (χ2v) is 13.4. The molecule has 2 unspecified atom stereocenters. The second-order valence-electron chi connectivity index (χ2n) is 13.4. The molecule has 2 aromatic heterocycles. The van der Waals surface area contributed by atoms with Crippen molar-refractivity contribution in [3.63, 3.8) is 0 Å². The Hall–Kier alpha value is -6.12. The zero-order valence-corrected chi connectivity index (χ0v) is 30.1. The molecule has 0 radical (unpaired) electrons. The minimum atomic E-state index is -1.15. The number of unbranched alkanes of at least 4 members (excludes halogenated alkanes) is 1. The summed E-state index contributed by atoms with van der Waals surface area (Å²) in [6, 6.07) is 25.1. The molecule has 0 aliphatic carbocycles. The van der Waals surface area contributed by atoms with Gasteiger partial charge in [-0.15, -0.1) is 0 Å². The first-order chi connectivity index (χ1) is 26.7. The number of phenols is 1. The Morgan fingerprint density at radius 2 is 1.71 bits per heavy atom. The number of likely N-dealkylation sites (tertiary alicyclic amines) is 1. The smallest absolute Gasteiger partial charge is 0.405 e. The Bertz CT molecular complexity index is 2140. The van der Waals surface area contributed by atoms with E-state index in [0.717, 1.165) is 12.0 Å². The average molecular weight is 753 g/mol. The molecule has 1 aliphatic rings. The number of amides is 2. The van der Waals surface area contributed by atoms with Crippen LogP contribution in [-0.2, 0) is 16.1 Å². The summed E-state index contributed by atoms with van der Waals surface area (Å²) in [5.74, 6) is 0.238. The Morgan fingerprint density at radius 1 is 0.927 bits per heavy atom. The number of phenolic OH excluding ortho intramolecular Hbond substituents is 1. The van der Waals surface area contributed by atoms with Crippen LogP contribution in [0.1, 0.15) is 70.8 Å². The number of aliphatic hydroxyl groups is 1. The molecule has 1 fully saturated rings. The summed E-state index contributed by atoms with van der Waals surface area (Å²) in [7, 11) is 0. The third kappa shape index (κ3) is 10.1. The Morgan fingerprint density at radius 3 is 2.49 bits per heavy atom. The van der Waals surface area contributed by atoms with Crippen LogP contribution in [0.15, 0.2) is 100 Å². The van der Waals surface area contributed by atoms with E-state index in [2.05, 4.69) is 15.6 Å². The van der Waals surface area contributed by atoms with Crippen LogP contribution in [0.4, 0.5) is 4.79 Å². The number of aromatic amines is 1. The van der Waals surface area contributed by atoms with Crippen LogP contribution in [0, 0.1) is 5.92 Å². The molecule has 1 saturated heterocycles. The topological polar surface area (TPSA) is 204 Å². The van der Waals surface area contributed by atoms with Crippen LogP contribution in [0.25, 0.3) is 10.9 Å². The number of rotatable bonds is 16. The fourth-order valence-electron chi connectivity index (χ4n) is 6.65. The first kappa shape index (κ1) is 38.6. The number of hydrogen-bond donors (Lipinski definition) is 6. The van der Waals surface area contributed by atoms with E-state index in [4.69, 9.17) is 13.9 Å². The maximum absolute atomic E-state index is 13.2. The molecule has 288 valence electrons. The van der Waals surface area contributed by atoms with Crippen molar-refractivity contribution < 1.29 is 43.6 Å². The highest BCUT2D eigenvalue weighted by atomic mass is 16.5. The number of H-pyrrole nitrogens is 1. The fourth-order valence-corrected chi connectivity index (χ4v) is 6.65. The number of furan rings is 1. The number of piperidine rings is 1. The van der Waals surface area contributed by atoms with E-state index < -0.39 is 18.2 Å². The van der Waals surface area contributed by atoms with Gasteiger partial charge in [0.2, 0.25) is 5.56 Å². The number of fused-ring (bicyclic) bond motifs is 1. The van der Waals surface area contributed by atoms with Crippen molar-refractivity contribution in [2.24, 2.45) is 5.92 Å². The first-order valence-electron chi connectivity index (χ1n) is 18.2. The van der Waals surface area contributed by atoms with Crippen LogP contribution in [0.3, 0.4) is 0 Å². The minimum absolute atomic E-state index is 0.0617. The number of nitrogens with zero attached hydrogens (tertiary/aromatic N) is 1. The van der Waals surface area contributed by atoms with E-state index in [-0.39, 0.29) is 60.1 Å². The van der Waals surface area contributed by atoms with Gasteiger partial charge in [-0.05, 0) is 85.3 Å². The standard InChI is InChI=1S/C41H44N4O10/c46-33-14-12-31(32-13-16-36(48)43-38(32)33)34(47)24-42-19-4-5-22-53-40(50)27-17-20-45(21-18-27)39(49)35-15-11-30(55-35)25-54-29-10-6-9-28(23-29)37(44-41(51)52)26-7-2-1-3-8-26/h1-3,6-16,23,27,34,37,42,44,46-47H,4-5,17-22,24-25H2,(H,43,48)(H,51,52). The molecule has 14 heteroatoms. The van der Waals surface area contributed by atoms with Crippen molar-refractivity contribution in [1.29, 1.82) is 0 Å². The molecule has 0 spiro atoms. The third-order valence-corrected chi connectivity index (χ3v) is 9.56. The van der Waals surface area contributed by atoms with Crippen LogP contribution in [0.5, 0.6) is 11.5 Å². The van der Waals surface area contributed by atoms with E-state index in [1.807, 2.05) is 36.4 Å². The zero-order valence-electron chi connectivity index (χ0n) is 30.1. The summed E-state index contributed by atoms with van der Waals surface area (Å²) in [6.45, 7) is 1.98. The zero-order chi connectivity index (χ0) is 38.7. The fraction of sp³-hybridized carbons (Fsp3) is 0.317. The van der Waals surface area contributed by atoms with E-state index in [9.17, 15) is 34.5 Å². The van der Waals surface area contributed by atoms with E-state index >= 15 is 0 Å². The molecule has 14 nitrogen and oxygen atoms in total. The number of pyridine rings is 1. The molecule has 2 atom stereocenters. The number of aromatic nitrogens is 1. The molecule has 55 heavy (non-hydrogen) atoms. The molecule has 6 rings (SSSR count). The van der Waals surface area contributed by atoms with Crippen LogP contribution in [0.2, 0.25) is 0 Å². The quantitative estimate of drug-likeness (QED) is 0.0567. The summed E-state index contributed by atoms with van der Waals surface area (Å²) in [5, 5.41) is 36.5. The van der Waals surface area contributed by atoms with Gasteiger partial charge in [-0.2, -0.15) is 0 Å². The number of carbonyl (C=O) groups is 3. The normalized spacial score (nSPS) is 14.3. The monoisotopic (exact) mass is 752 g/mol. The van der Waals surface area contributed by atoms with Gasteiger partial charge in [0.15, 0.2) is 5.76 Å². The lowest BCUT2D eigenvalue weighted by molar-refractivity contribution is -0.150. The molecule has 2 amide bonds. The predicted molar refractivity (Wildman–Crippen MR) is 202 cm³/mol. The second kappa shape index (κ2) is 18.3. The van der Waals surface area contributed by atoms with Crippen molar-refractivity contribution in [1.82, 2.24) is 20.5 Å². The maximum atomic E-state index is 13.2. The molecule has 5 aromatic rings. The van der Waals surface area contributed by atoms with Crippen molar-refractivity contribution in [3.8, 4) is 11.5 Å². The highest BCUT2D eigenvalue weighted by Gasteiger charge is 2.30. The maximum Gasteiger partial charge on any atom is 0.405 e. The lowest BCUT2D eigenvalue weighted by Gasteiger charge is -2.30. The Kier molecular flexibility index (Phi) is 12.8. The van der Waals surface area contributed by atoms with Crippen molar-refractivity contribution in [2.75, 3.05) is 32.8 Å². The largest absolute Gasteiger partial charge is 0.506 e. The van der Waals surface area contributed by atoms with Gasteiger partial charge in [0, 0.05) is 31.1 Å². The number of esters is 1. The van der Waals surface area contributed by atoms with Gasteiger partial charge in [0.05, 0.1) is 30.2 Å². The lowest BCUT2D eigenvalue weighted by atomic mass is 9.97. The number of aliphatic hydroxyl groups excluding tert-OH is 1. The number of carbonyl (C=O) groups excluding carboxylic acids is 2. The molecule has 0 bridgehead atoms. The molecule has 1 aliphatic heterocycles. The van der Waals surface area contributed by atoms with Crippen LogP contribution in [-0.4, -0.2) is 76.0 Å². The Labute approximate surface area is 316 Å². The van der Waals surface area contributed by atoms with Crippen molar-refractivity contribution >= 4 is 28.9 Å². The van der Waals surface area contributed by atoms with E-state index in [1.165, 1.54) is 12.1 Å². The number of aromatic hydroxyl groups is 1. The van der Waals surface area contributed by atoms with Crippen LogP contribution >= 0.6 is 0 Å². The van der Waals surface area contributed by atoms with Gasteiger partial charge in [0.25, 0.3) is 5.91 Å². The van der Waals surface area contributed by atoms with Gasteiger partial charge in [0.1, 0.15) is 23.9 Å². The summed E-state index contributed by atoms with van der Waals surface area (Å²) in [6.07, 6.45) is 0.330. The summed E-state index contributed by atoms with van der Waals surface area (Å²) in [4.78, 5) is 53.3. The summed E-state index contributed by atoms with van der Waals surface area (Å²) in [5.41, 5.74) is 2.02. The summed E-state index contributed by atoms with van der Waals surface area (Å²) >= 11 is 0. The van der Waals surface area contributed by atoms with E-state index in [0.29, 0.717) is 66.9 Å². The van der Waals surface area contributed by atoms with Gasteiger partial charge >= 0.3 is 12.1 Å². The molecular formula is C41H44N4O10. The van der Waals surface area contributed by atoms with Crippen molar-refractivity contribution in [2.45, 2.75) is 44.4 Å². The van der Waals surface area contributed by atoms with Gasteiger partial charge in [-0.25, -0.2) is 4.79 Å². The SMILES string of the molecule is O=C(O)NC(c1ccccc1)c1cccc(OCc2ccc(C(=O)N3CCC(C(=O)OCCCCNCC(O)c4ccc(O)c5[nH]c(=O)ccc45)CC3)o2)c1. The Balaban J connectivity index is 0.883. The number of carboxylic acid groups (broad SMARTS) is 1. The molecular weight excluding hydrogens is 708 g/mol. The van der Waals surface area contributed by atoms with Gasteiger partial charge in [-0.3, -0.25) is 14.4 Å². The summed E-state index contributed by atoms with van der Waals surface area (Å²) < 4.78 is 17.3. The first-order valence-corrected chi connectivity index (χ1v) is 18.2. The van der Waals surface area contributed by atoms with Gasteiger partial charge in [-0.1, -0.05) is 48.5 Å². The molecule has 6 N–H and O–H groups in total. The number of benzene rings is 3. The predicted octanol–water partition coefficient (Wildman–Crippen LogP) is 5.26. The van der Waals surface area contributed by atoms with Crippen LogP contribution < -0.4 is 20.9 Å². The number of ether oxygens (including phenoxy) is 2. The highest BCUT2D eigenvalue weighted by molar-refractivity contribution is 5.91. The molecule has 3 aromatic carbocycles. The minimum Gasteiger partial charge on any atom is -0.506 e. The molecule has 3 heterocycles. The number of hydrogen-bond acceptors (Lipinski definition) is 10. The molecule has 0 saturated carbocycles. The van der Waals surface area contributed by atoms with Gasteiger partial charge < -0.3 is 49.7 Å². The highest BCUT2D eigenvalue weighted by Crippen LogP contribution is 2.29. The lowest BCUT2D eigenvalue weighted by Crippen LogP contribution is -2.40. The van der Waals surface area contributed by atoms with Crippen molar-refractivity contribution in [3.05, 3.63) is 130 Å². The van der Waals surface area contributed by atoms with E-state index in [1.54, 1.807) is 47.4 Å². The number of nitrogens with one attached hydrogen (secondary N) is 3.